The third-order valence-corrected chi connectivity index (χ3v) is 12.5. The number of hydrogen-bond acceptors (Lipinski definition) is 1. The van der Waals surface area contributed by atoms with Crippen molar-refractivity contribution >= 4 is 30.6 Å². The van der Waals surface area contributed by atoms with Gasteiger partial charge in [-0.25, -0.2) is 0 Å². The number of benzene rings is 1. The highest BCUT2D eigenvalue weighted by Crippen LogP contribution is 2.66. The minimum atomic E-state index is 0.0673. The van der Waals surface area contributed by atoms with Crippen molar-refractivity contribution in [2.75, 3.05) is 4.90 Å². The Bertz CT molecular complexity index is 886. The monoisotopic (exact) mass is 501 g/mol. The maximum Gasteiger partial charge on any atom is 0.0544 e. The zero-order valence-corrected chi connectivity index (χ0v) is 20.5. The smallest absolute Gasteiger partial charge is 0.0544 e. The number of fused-ring (bicyclic) bond motifs is 6. The van der Waals surface area contributed by atoms with Crippen molar-refractivity contribution < 1.29 is 0 Å². The number of nitrogens with zero attached hydrogens (tertiary/aromatic N) is 1. The average molecular weight is 501 g/mol. The summed E-state index contributed by atoms with van der Waals surface area (Å²) in [5.74, 6) is 3.73. The van der Waals surface area contributed by atoms with Crippen LogP contribution in [0, 0.1) is 38.1 Å². The number of para-hydroxylation sites is 1. The van der Waals surface area contributed by atoms with Gasteiger partial charge < -0.3 is 4.90 Å². The summed E-state index contributed by atoms with van der Waals surface area (Å²) in [6.07, 6.45) is 14.2. The molecule has 7 atom stereocenters. The van der Waals surface area contributed by atoms with Gasteiger partial charge in [0.1, 0.15) is 0 Å². The fourth-order valence-corrected chi connectivity index (χ4v) is 10.9. The highest BCUT2D eigenvalue weighted by Gasteiger charge is 2.59. The van der Waals surface area contributed by atoms with Gasteiger partial charge in [0.25, 0.3) is 0 Å². The summed E-state index contributed by atoms with van der Waals surface area (Å²) >= 11 is 0.0673. The topological polar surface area (TPSA) is 3.24 Å². The Hall–Kier alpha value is -0.640. The van der Waals surface area contributed by atoms with Gasteiger partial charge in [0.15, 0.2) is 0 Å². The molecule has 5 aliphatic rings. The number of anilines is 1. The molecule has 1 aromatic carbocycles. The van der Waals surface area contributed by atoms with Crippen molar-refractivity contribution in [2.24, 2.45) is 34.5 Å². The number of rotatable bonds is 1. The molecule has 4 aliphatic carbocycles. The number of allylic oxidation sites excluding steroid dienone is 2. The van der Waals surface area contributed by atoms with Crippen LogP contribution in [-0.2, 0) is 0 Å². The van der Waals surface area contributed by atoms with Crippen molar-refractivity contribution in [3.05, 3.63) is 39.5 Å². The van der Waals surface area contributed by atoms with Gasteiger partial charge in [-0.05, 0) is 98.0 Å². The fourth-order valence-electron chi connectivity index (χ4n) is 8.42. The van der Waals surface area contributed by atoms with Crippen LogP contribution in [0.1, 0.15) is 72.1 Å². The van der Waals surface area contributed by atoms with E-state index >= 15 is 0 Å². The van der Waals surface area contributed by atoms with E-state index in [0.29, 0.717) is 10.8 Å². The molecule has 3 fully saturated rings. The van der Waals surface area contributed by atoms with E-state index in [4.69, 9.17) is 0 Å². The molecule has 0 amide bonds. The van der Waals surface area contributed by atoms with Crippen molar-refractivity contribution in [3.8, 4) is 0 Å². The number of hydrogen-bond donors (Lipinski definition) is 0. The molecule has 1 heterocycles. The van der Waals surface area contributed by atoms with Gasteiger partial charge in [0, 0.05) is 13.7 Å². The van der Waals surface area contributed by atoms with E-state index in [9.17, 15) is 0 Å². The average Bonchev–Trinajstić information content (AvgIpc) is 3.29. The first-order valence-electron chi connectivity index (χ1n) is 12.0. The minimum Gasteiger partial charge on any atom is -0.338 e. The van der Waals surface area contributed by atoms with Crippen molar-refractivity contribution in [1.82, 2.24) is 0 Å². The Balaban J connectivity index is 1.32. The predicted octanol–water partition coefficient (Wildman–Crippen LogP) is 7.37. The molecule has 0 saturated heterocycles. The van der Waals surface area contributed by atoms with Crippen LogP contribution < -0.4 is 4.90 Å². The van der Waals surface area contributed by atoms with E-state index in [1.807, 2.05) is 5.57 Å². The first-order chi connectivity index (χ1) is 14.0. The summed E-state index contributed by atoms with van der Waals surface area (Å²) < 4.78 is 4.26. The molecule has 1 aliphatic heterocycles. The van der Waals surface area contributed by atoms with Crippen molar-refractivity contribution in [2.45, 2.75) is 78.2 Å². The zero-order valence-electron chi connectivity index (χ0n) is 18.3. The first-order valence-corrected chi connectivity index (χ1v) is 14.4. The Labute approximate surface area is 187 Å². The van der Waals surface area contributed by atoms with Gasteiger partial charge in [0.2, 0.25) is 0 Å². The van der Waals surface area contributed by atoms with Crippen LogP contribution in [0.15, 0.2) is 35.9 Å². The molecule has 1 nitrogen and oxygen atoms in total. The molecule has 6 rings (SSSR count). The predicted molar refractivity (Wildman–Crippen MR) is 132 cm³/mol. The molecule has 0 radical (unpaired) electrons. The minimum absolute atomic E-state index is 0.0673. The molecule has 2 heteroatoms. The Kier molecular flexibility index (Phi) is 4.39. The Morgan fingerprint density at radius 3 is 2.76 bits per heavy atom. The normalized spacial score (nSPS) is 45.6. The summed E-state index contributed by atoms with van der Waals surface area (Å²) in [6.45, 7) is 7.81. The first kappa shape index (κ1) is 19.1. The lowest BCUT2D eigenvalue weighted by atomic mass is 9.47. The summed E-state index contributed by atoms with van der Waals surface area (Å²) in [5, 5.41) is 0. The summed E-state index contributed by atoms with van der Waals surface area (Å²) in [5.41, 5.74) is 4.42. The lowest BCUT2D eigenvalue weighted by molar-refractivity contribution is -0.0324. The van der Waals surface area contributed by atoms with E-state index in [2.05, 4.69) is 60.1 Å². The van der Waals surface area contributed by atoms with Crippen LogP contribution in [0.25, 0.3) is 0 Å². The lowest BCUT2D eigenvalue weighted by Gasteiger charge is -2.58. The third-order valence-electron chi connectivity index (χ3n) is 10.0. The molecule has 0 bridgehead atoms. The van der Waals surface area contributed by atoms with Crippen LogP contribution in [-0.4, -0.2) is 10.2 Å². The van der Waals surface area contributed by atoms with E-state index in [0.717, 1.165) is 29.7 Å². The molecule has 1 aromatic rings. The van der Waals surface area contributed by atoms with Crippen LogP contribution >= 0.6 is 20.7 Å². The van der Waals surface area contributed by atoms with Crippen molar-refractivity contribution in [3.63, 3.8) is 0 Å². The maximum absolute atomic E-state index is 2.76. The second kappa shape index (κ2) is 6.68. The largest absolute Gasteiger partial charge is 0.338 e. The highest BCUT2D eigenvalue weighted by atomic mass is 127. The second-order valence-electron chi connectivity index (χ2n) is 11.3. The van der Waals surface area contributed by atoms with E-state index in [-0.39, 0.29) is 20.7 Å². The van der Waals surface area contributed by atoms with Crippen LogP contribution in [0.4, 0.5) is 5.69 Å². The SMILES string of the molecule is C[C@@H]1CC[C@@]2(C)C(=CCC3C4CCC(N5C=Ic6ccccc65)[C@@]4(C)CCC32)C1. The van der Waals surface area contributed by atoms with Gasteiger partial charge in [-0.2, -0.15) is 0 Å². The van der Waals surface area contributed by atoms with Crippen LogP contribution in [0.5, 0.6) is 0 Å². The summed E-state index contributed by atoms with van der Waals surface area (Å²) in [4.78, 5) is 2.76. The molecule has 3 saturated carbocycles. The van der Waals surface area contributed by atoms with Crippen LogP contribution in [0.3, 0.4) is 0 Å². The van der Waals surface area contributed by atoms with E-state index < -0.39 is 0 Å². The lowest BCUT2D eigenvalue weighted by Crippen LogP contribution is -2.53. The number of halogens is 1. The standard InChI is InChI=1S/C27H36IN/c1-18-12-14-26(2)19(16-18)8-9-20-21-10-11-25(27(21,3)15-13-22(20)26)29-17-28-23-6-4-5-7-24(23)29/h4-8,17-18,20-22,25H,9-16H2,1-3H3/t18-,20?,21?,22?,25?,26+,27+/m1/s1. The Morgan fingerprint density at radius 2 is 1.86 bits per heavy atom. The summed E-state index contributed by atoms with van der Waals surface area (Å²) in [6, 6.07) is 9.99. The zero-order chi connectivity index (χ0) is 19.8. The summed E-state index contributed by atoms with van der Waals surface area (Å²) in [7, 11) is 0. The molecule has 4 unspecified atom stereocenters. The van der Waals surface area contributed by atoms with Crippen molar-refractivity contribution in [1.29, 1.82) is 0 Å². The molecular formula is C27H36IN. The highest BCUT2D eigenvalue weighted by molar-refractivity contribution is 14.2. The van der Waals surface area contributed by atoms with E-state index in [1.54, 1.807) is 9.26 Å². The molecule has 156 valence electrons. The molecule has 0 spiro atoms. The second-order valence-corrected chi connectivity index (χ2v) is 13.7. The molecule has 0 aromatic heterocycles. The van der Waals surface area contributed by atoms with Crippen LogP contribution in [0.2, 0.25) is 0 Å². The van der Waals surface area contributed by atoms with Gasteiger partial charge in [-0.3, -0.25) is 0 Å². The van der Waals surface area contributed by atoms with E-state index in [1.165, 1.54) is 51.4 Å². The van der Waals surface area contributed by atoms with Gasteiger partial charge in [0.05, 0.1) is 5.69 Å². The molecule has 0 N–H and O–H groups in total. The fraction of sp³-hybridized carbons (Fsp3) is 0.667. The maximum atomic E-state index is 2.76. The molecular weight excluding hydrogens is 465 g/mol. The van der Waals surface area contributed by atoms with Gasteiger partial charge >= 0.3 is 0 Å². The van der Waals surface area contributed by atoms with Gasteiger partial charge in [-0.15, -0.1) is 0 Å². The van der Waals surface area contributed by atoms with Gasteiger partial charge in [-0.1, -0.05) is 65.3 Å². The third kappa shape index (κ3) is 2.66. The Morgan fingerprint density at radius 1 is 1.00 bits per heavy atom. The molecule has 29 heavy (non-hydrogen) atoms. The quantitative estimate of drug-likeness (QED) is 0.287.